The summed E-state index contributed by atoms with van der Waals surface area (Å²) < 4.78 is 47.5. The summed E-state index contributed by atoms with van der Waals surface area (Å²) in [5, 5.41) is 2.61. The van der Waals surface area contributed by atoms with Crippen molar-refractivity contribution in [3.8, 4) is 11.5 Å². The molecule has 0 bridgehead atoms. The second-order valence-electron chi connectivity index (χ2n) is 7.55. The van der Waals surface area contributed by atoms with Gasteiger partial charge < -0.3 is 24.3 Å². The van der Waals surface area contributed by atoms with Gasteiger partial charge in [-0.25, -0.2) is 13.2 Å². The number of carbonyl (C=O) groups excluding carboxylic acids is 2. The molecular formula is C24H28N2O8S. The van der Waals surface area contributed by atoms with Gasteiger partial charge in [0.15, 0.2) is 6.10 Å². The maximum absolute atomic E-state index is 12.7. The van der Waals surface area contributed by atoms with Gasteiger partial charge in [-0.1, -0.05) is 0 Å². The van der Waals surface area contributed by atoms with Crippen LogP contribution in [0, 0.1) is 0 Å². The Labute approximate surface area is 204 Å². The Morgan fingerprint density at radius 2 is 1.74 bits per heavy atom. The van der Waals surface area contributed by atoms with Crippen LogP contribution in [0.3, 0.4) is 0 Å². The van der Waals surface area contributed by atoms with Crippen LogP contribution in [0.4, 0.5) is 5.69 Å². The smallest absolute Gasteiger partial charge is 0.331 e. The van der Waals surface area contributed by atoms with E-state index >= 15 is 0 Å². The summed E-state index contributed by atoms with van der Waals surface area (Å²) in [6.07, 6.45) is 1.60. The maximum atomic E-state index is 12.7. The fourth-order valence-electron chi connectivity index (χ4n) is 3.28. The van der Waals surface area contributed by atoms with Crippen molar-refractivity contribution in [2.24, 2.45) is 0 Å². The van der Waals surface area contributed by atoms with Crippen LogP contribution in [0.5, 0.6) is 11.5 Å². The first-order valence-corrected chi connectivity index (χ1v) is 12.3. The second kappa shape index (κ2) is 11.8. The van der Waals surface area contributed by atoms with E-state index in [1.54, 1.807) is 18.2 Å². The Morgan fingerprint density at radius 1 is 1.06 bits per heavy atom. The molecule has 11 heteroatoms. The summed E-state index contributed by atoms with van der Waals surface area (Å²) in [5.74, 6) is -0.144. The minimum Gasteiger partial charge on any atom is -0.497 e. The molecule has 0 saturated carbocycles. The number of esters is 1. The van der Waals surface area contributed by atoms with Gasteiger partial charge in [0.2, 0.25) is 10.0 Å². The van der Waals surface area contributed by atoms with Gasteiger partial charge >= 0.3 is 5.97 Å². The molecule has 0 spiro atoms. The Balaban J connectivity index is 1.57. The van der Waals surface area contributed by atoms with Gasteiger partial charge in [0.05, 0.1) is 32.3 Å². The molecule has 1 amide bonds. The number of hydrogen-bond acceptors (Lipinski definition) is 8. The average Bonchev–Trinajstić information content (AvgIpc) is 2.88. The molecule has 2 aromatic rings. The summed E-state index contributed by atoms with van der Waals surface area (Å²) in [6, 6.07) is 10.9. The fraction of sp³-hybridized carbons (Fsp3) is 0.333. The molecule has 0 aromatic heterocycles. The molecule has 1 aliphatic rings. The highest BCUT2D eigenvalue weighted by Gasteiger charge is 2.26. The Morgan fingerprint density at radius 3 is 2.37 bits per heavy atom. The molecule has 10 nitrogen and oxygen atoms in total. The number of nitrogens with one attached hydrogen (secondary N) is 1. The van der Waals surface area contributed by atoms with Crippen LogP contribution < -0.4 is 14.8 Å². The quantitative estimate of drug-likeness (QED) is 0.408. The summed E-state index contributed by atoms with van der Waals surface area (Å²) in [7, 11) is -0.595. The lowest BCUT2D eigenvalue weighted by molar-refractivity contribution is -0.148. The van der Waals surface area contributed by atoms with Gasteiger partial charge in [0.25, 0.3) is 5.91 Å². The third-order valence-electron chi connectivity index (χ3n) is 5.23. The SMILES string of the molecule is COc1ccc(OC)c(/C=C/C(=O)O[C@H](C)C(=O)Nc2ccc(S(=O)(=O)N3CCOCC3)cc2)c1. The topological polar surface area (TPSA) is 120 Å². The predicted molar refractivity (Wildman–Crippen MR) is 129 cm³/mol. The van der Waals surface area contributed by atoms with E-state index in [0.717, 1.165) is 0 Å². The van der Waals surface area contributed by atoms with Gasteiger partial charge in [0.1, 0.15) is 11.5 Å². The molecule has 188 valence electrons. The van der Waals surface area contributed by atoms with Crippen molar-refractivity contribution in [1.29, 1.82) is 0 Å². The van der Waals surface area contributed by atoms with Gasteiger partial charge in [-0.05, 0) is 55.5 Å². The van der Waals surface area contributed by atoms with Gasteiger partial charge in [-0.2, -0.15) is 4.31 Å². The number of benzene rings is 2. The van der Waals surface area contributed by atoms with Gasteiger partial charge in [0, 0.05) is 30.4 Å². The zero-order chi connectivity index (χ0) is 25.4. The number of sulfonamides is 1. The zero-order valence-electron chi connectivity index (χ0n) is 19.7. The number of carbonyl (C=O) groups is 2. The monoisotopic (exact) mass is 504 g/mol. The molecule has 1 saturated heterocycles. The van der Waals surface area contributed by atoms with E-state index in [1.807, 2.05) is 0 Å². The Hall–Kier alpha value is -3.41. The zero-order valence-corrected chi connectivity index (χ0v) is 20.5. The minimum absolute atomic E-state index is 0.120. The van der Waals surface area contributed by atoms with Gasteiger partial charge in [-0.3, -0.25) is 4.79 Å². The minimum atomic E-state index is -3.63. The van der Waals surface area contributed by atoms with Crippen molar-refractivity contribution in [1.82, 2.24) is 4.31 Å². The number of methoxy groups -OCH3 is 2. The molecule has 0 aliphatic carbocycles. The molecule has 0 unspecified atom stereocenters. The number of hydrogen-bond donors (Lipinski definition) is 1. The van der Waals surface area contributed by atoms with E-state index in [9.17, 15) is 18.0 Å². The molecular weight excluding hydrogens is 476 g/mol. The first-order valence-electron chi connectivity index (χ1n) is 10.8. The average molecular weight is 505 g/mol. The van der Waals surface area contributed by atoms with Crippen LogP contribution in [0.2, 0.25) is 0 Å². The van der Waals surface area contributed by atoms with E-state index in [0.29, 0.717) is 49.1 Å². The number of morpholine rings is 1. The highest BCUT2D eigenvalue weighted by Crippen LogP contribution is 2.25. The van der Waals surface area contributed by atoms with E-state index in [2.05, 4.69) is 5.32 Å². The third kappa shape index (κ3) is 6.81. The van der Waals surface area contributed by atoms with Crippen molar-refractivity contribution in [3.05, 3.63) is 54.1 Å². The maximum Gasteiger partial charge on any atom is 0.331 e. The highest BCUT2D eigenvalue weighted by atomic mass is 32.2. The molecule has 3 rings (SSSR count). The number of amides is 1. The van der Waals surface area contributed by atoms with Crippen LogP contribution in [-0.4, -0.2) is 71.2 Å². The Kier molecular flexibility index (Phi) is 8.85. The molecule has 1 heterocycles. The van der Waals surface area contributed by atoms with Crippen molar-refractivity contribution in [2.45, 2.75) is 17.9 Å². The normalized spacial score (nSPS) is 15.4. The van der Waals surface area contributed by atoms with Crippen molar-refractivity contribution >= 4 is 33.7 Å². The molecule has 2 aromatic carbocycles. The van der Waals surface area contributed by atoms with Crippen molar-refractivity contribution < 1.29 is 37.0 Å². The first-order chi connectivity index (χ1) is 16.7. The second-order valence-corrected chi connectivity index (χ2v) is 9.49. The number of ether oxygens (including phenoxy) is 4. The molecule has 0 radical (unpaired) electrons. The van der Waals surface area contributed by atoms with Crippen LogP contribution in [0.1, 0.15) is 12.5 Å². The third-order valence-corrected chi connectivity index (χ3v) is 7.14. The lowest BCUT2D eigenvalue weighted by atomic mass is 10.1. The number of rotatable bonds is 9. The van der Waals surface area contributed by atoms with E-state index in [4.69, 9.17) is 18.9 Å². The molecule has 1 N–H and O–H groups in total. The summed E-state index contributed by atoms with van der Waals surface area (Å²) in [4.78, 5) is 24.8. The van der Waals surface area contributed by atoms with Crippen LogP contribution in [0.25, 0.3) is 6.08 Å². The molecule has 1 fully saturated rings. The first kappa shape index (κ1) is 26.2. The van der Waals surface area contributed by atoms with E-state index < -0.39 is 28.0 Å². The van der Waals surface area contributed by atoms with Gasteiger partial charge in [-0.15, -0.1) is 0 Å². The van der Waals surface area contributed by atoms with Crippen molar-refractivity contribution in [2.75, 3.05) is 45.8 Å². The van der Waals surface area contributed by atoms with Crippen LogP contribution in [0.15, 0.2) is 53.4 Å². The van der Waals surface area contributed by atoms with Crippen molar-refractivity contribution in [3.63, 3.8) is 0 Å². The summed E-state index contributed by atoms with van der Waals surface area (Å²) in [6.45, 7) is 2.73. The van der Waals surface area contributed by atoms with E-state index in [1.165, 1.54) is 61.9 Å². The predicted octanol–water partition coefficient (Wildman–Crippen LogP) is 2.31. The molecule has 35 heavy (non-hydrogen) atoms. The lowest BCUT2D eigenvalue weighted by Gasteiger charge is -2.26. The lowest BCUT2D eigenvalue weighted by Crippen LogP contribution is -2.40. The molecule has 1 atom stereocenters. The summed E-state index contributed by atoms with van der Waals surface area (Å²) in [5.41, 5.74) is 0.975. The standard InChI is InChI=1S/C24H28N2O8S/c1-17(34-23(27)11-4-18-16-20(31-2)7-10-22(18)32-3)24(28)25-19-5-8-21(9-6-19)35(29,30)26-12-14-33-15-13-26/h4-11,16-17H,12-15H2,1-3H3,(H,25,28)/b11-4+/t17-/m1/s1. The summed E-state index contributed by atoms with van der Waals surface area (Å²) >= 11 is 0. The van der Waals surface area contributed by atoms with Crippen LogP contribution in [-0.2, 0) is 29.1 Å². The fourth-order valence-corrected chi connectivity index (χ4v) is 4.69. The number of nitrogens with zero attached hydrogens (tertiary/aromatic N) is 1. The number of anilines is 1. The van der Waals surface area contributed by atoms with Crippen LogP contribution >= 0.6 is 0 Å². The highest BCUT2D eigenvalue weighted by molar-refractivity contribution is 7.89. The Bertz CT molecular complexity index is 1170. The van der Waals surface area contributed by atoms with E-state index in [-0.39, 0.29) is 4.90 Å². The molecule has 1 aliphatic heterocycles. The largest absolute Gasteiger partial charge is 0.497 e.